The molecule has 2 aromatic rings. The van der Waals surface area contributed by atoms with Crippen LogP contribution in [0.15, 0.2) is 30.3 Å². The standard InChI is InChI=1S/C20H27N5O3/c1-5-21-18-12-14(2)24-20(25-18)23-11-10-22-19(26)9-7-15-6-8-16(27-3)17(13-15)28-4/h6-9,12-13H,5,10-11H2,1-4H3,(H,22,26)(H2,21,23,24,25)/b9-7+. The number of nitrogens with zero attached hydrogens (tertiary/aromatic N) is 2. The lowest BCUT2D eigenvalue weighted by atomic mass is 10.2. The largest absolute Gasteiger partial charge is 0.493 e. The third-order valence-corrected chi connectivity index (χ3v) is 3.75. The highest BCUT2D eigenvalue weighted by Gasteiger charge is 2.04. The van der Waals surface area contributed by atoms with Crippen molar-refractivity contribution >= 4 is 23.7 Å². The van der Waals surface area contributed by atoms with Crippen molar-refractivity contribution in [2.45, 2.75) is 13.8 Å². The van der Waals surface area contributed by atoms with E-state index in [4.69, 9.17) is 9.47 Å². The summed E-state index contributed by atoms with van der Waals surface area (Å²) < 4.78 is 10.5. The van der Waals surface area contributed by atoms with Crippen LogP contribution in [0.5, 0.6) is 11.5 Å². The first-order valence-corrected chi connectivity index (χ1v) is 9.07. The zero-order valence-corrected chi connectivity index (χ0v) is 16.7. The summed E-state index contributed by atoms with van der Waals surface area (Å²) in [5.41, 5.74) is 1.71. The smallest absolute Gasteiger partial charge is 0.244 e. The van der Waals surface area contributed by atoms with Crippen molar-refractivity contribution in [2.24, 2.45) is 0 Å². The summed E-state index contributed by atoms with van der Waals surface area (Å²) in [6, 6.07) is 7.34. The van der Waals surface area contributed by atoms with Crippen LogP contribution in [0.3, 0.4) is 0 Å². The molecule has 28 heavy (non-hydrogen) atoms. The van der Waals surface area contributed by atoms with Crippen molar-refractivity contribution in [2.75, 3.05) is 44.5 Å². The minimum atomic E-state index is -0.185. The molecule has 150 valence electrons. The van der Waals surface area contributed by atoms with E-state index in [0.717, 1.165) is 23.6 Å². The zero-order chi connectivity index (χ0) is 20.4. The molecule has 0 saturated carbocycles. The average Bonchev–Trinajstić information content (AvgIpc) is 2.69. The predicted octanol–water partition coefficient (Wildman–Crippen LogP) is 2.48. The Morgan fingerprint density at radius 1 is 1.07 bits per heavy atom. The van der Waals surface area contributed by atoms with Crippen LogP contribution in [0.2, 0.25) is 0 Å². The first kappa shape index (κ1) is 21.0. The first-order chi connectivity index (χ1) is 13.5. The molecular formula is C20H27N5O3. The van der Waals surface area contributed by atoms with Crippen LogP contribution in [0.25, 0.3) is 6.08 Å². The number of ether oxygens (including phenoxy) is 2. The first-order valence-electron chi connectivity index (χ1n) is 9.07. The van der Waals surface area contributed by atoms with Crippen LogP contribution >= 0.6 is 0 Å². The third kappa shape index (κ3) is 6.46. The summed E-state index contributed by atoms with van der Waals surface area (Å²) in [4.78, 5) is 20.7. The van der Waals surface area contributed by atoms with Crippen LogP contribution in [0, 0.1) is 6.92 Å². The molecule has 1 heterocycles. The molecule has 0 saturated heterocycles. The number of aromatic nitrogens is 2. The molecule has 0 bridgehead atoms. The molecule has 3 N–H and O–H groups in total. The van der Waals surface area contributed by atoms with Crippen molar-refractivity contribution in [1.29, 1.82) is 0 Å². The summed E-state index contributed by atoms with van der Waals surface area (Å²) in [6.45, 7) is 5.68. The number of hydrogen-bond donors (Lipinski definition) is 3. The topological polar surface area (TPSA) is 97.4 Å². The van der Waals surface area contributed by atoms with Gasteiger partial charge in [0.1, 0.15) is 5.82 Å². The maximum Gasteiger partial charge on any atom is 0.244 e. The number of amides is 1. The Morgan fingerprint density at radius 3 is 2.57 bits per heavy atom. The quantitative estimate of drug-likeness (QED) is 0.427. The van der Waals surface area contributed by atoms with Crippen LogP contribution in [-0.4, -0.2) is 49.7 Å². The Kier molecular flexibility index (Phi) is 8.08. The Bertz CT molecular complexity index is 823. The summed E-state index contributed by atoms with van der Waals surface area (Å²) in [7, 11) is 3.15. The molecular weight excluding hydrogens is 358 g/mol. The monoisotopic (exact) mass is 385 g/mol. The SMILES string of the molecule is CCNc1cc(C)nc(NCCNC(=O)/C=C/c2ccc(OC)c(OC)c2)n1. The van der Waals surface area contributed by atoms with Gasteiger partial charge >= 0.3 is 0 Å². The third-order valence-electron chi connectivity index (χ3n) is 3.75. The number of rotatable bonds is 10. The van der Waals surface area contributed by atoms with Gasteiger partial charge in [-0.05, 0) is 37.6 Å². The van der Waals surface area contributed by atoms with Crippen LogP contribution < -0.4 is 25.4 Å². The predicted molar refractivity (Wildman–Crippen MR) is 111 cm³/mol. The van der Waals surface area contributed by atoms with Crippen LogP contribution in [-0.2, 0) is 4.79 Å². The molecule has 1 aromatic carbocycles. The number of methoxy groups -OCH3 is 2. The lowest BCUT2D eigenvalue weighted by molar-refractivity contribution is -0.116. The van der Waals surface area contributed by atoms with Gasteiger partial charge in [0, 0.05) is 37.5 Å². The Labute approximate surface area is 165 Å². The van der Waals surface area contributed by atoms with Crippen molar-refractivity contribution < 1.29 is 14.3 Å². The van der Waals surface area contributed by atoms with E-state index < -0.39 is 0 Å². The van der Waals surface area contributed by atoms with E-state index in [0.29, 0.717) is 30.5 Å². The second-order valence-corrected chi connectivity index (χ2v) is 5.91. The van der Waals surface area contributed by atoms with Gasteiger partial charge in [-0.15, -0.1) is 0 Å². The summed E-state index contributed by atoms with van der Waals surface area (Å²) in [5.74, 6) is 2.38. The van der Waals surface area contributed by atoms with Crippen molar-refractivity contribution in [3.05, 3.63) is 41.6 Å². The highest BCUT2D eigenvalue weighted by Crippen LogP contribution is 2.27. The Balaban J connectivity index is 1.81. The fourth-order valence-electron chi connectivity index (χ4n) is 2.47. The highest BCUT2D eigenvalue weighted by atomic mass is 16.5. The van der Waals surface area contributed by atoms with E-state index in [1.54, 1.807) is 32.4 Å². The normalized spacial score (nSPS) is 10.6. The fourth-order valence-corrected chi connectivity index (χ4v) is 2.47. The zero-order valence-electron chi connectivity index (χ0n) is 16.7. The number of aryl methyl sites for hydroxylation is 1. The van der Waals surface area contributed by atoms with E-state index in [2.05, 4.69) is 25.9 Å². The lowest BCUT2D eigenvalue weighted by Crippen LogP contribution is -2.27. The Morgan fingerprint density at radius 2 is 1.86 bits per heavy atom. The fraction of sp³-hybridized carbons (Fsp3) is 0.350. The molecule has 8 nitrogen and oxygen atoms in total. The number of nitrogens with one attached hydrogen (secondary N) is 3. The number of carbonyl (C=O) groups is 1. The lowest BCUT2D eigenvalue weighted by Gasteiger charge is -2.09. The van der Waals surface area contributed by atoms with Gasteiger partial charge in [0.2, 0.25) is 11.9 Å². The molecule has 0 atom stereocenters. The number of hydrogen-bond acceptors (Lipinski definition) is 7. The van der Waals surface area contributed by atoms with Gasteiger partial charge in [-0.3, -0.25) is 4.79 Å². The number of benzene rings is 1. The van der Waals surface area contributed by atoms with Crippen molar-refractivity contribution in [1.82, 2.24) is 15.3 Å². The van der Waals surface area contributed by atoms with E-state index in [1.165, 1.54) is 6.08 Å². The van der Waals surface area contributed by atoms with Gasteiger partial charge in [-0.2, -0.15) is 4.98 Å². The Hall–Kier alpha value is -3.29. The van der Waals surface area contributed by atoms with Gasteiger partial charge < -0.3 is 25.4 Å². The van der Waals surface area contributed by atoms with Gasteiger partial charge in [0.15, 0.2) is 11.5 Å². The van der Waals surface area contributed by atoms with E-state index >= 15 is 0 Å². The molecule has 0 aliphatic carbocycles. The van der Waals surface area contributed by atoms with Gasteiger partial charge in [-0.1, -0.05) is 6.07 Å². The molecule has 0 radical (unpaired) electrons. The van der Waals surface area contributed by atoms with E-state index in [1.807, 2.05) is 26.0 Å². The maximum absolute atomic E-state index is 12.0. The summed E-state index contributed by atoms with van der Waals surface area (Å²) in [6.07, 6.45) is 3.20. The minimum absolute atomic E-state index is 0.185. The average molecular weight is 385 g/mol. The van der Waals surface area contributed by atoms with Crippen LogP contribution in [0.1, 0.15) is 18.2 Å². The molecule has 0 unspecified atom stereocenters. The van der Waals surface area contributed by atoms with Crippen molar-refractivity contribution in [3.63, 3.8) is 0 Å². The van der Waals surface area contributed by atoms with Crippen molar-refractivity contribution in [3.8, 4) is 11.5 Å². The summed E-state index contributed by atoms with van der Waals surface area (Å²) >= 11 is 0. The molecule has 0 aliphatic heterocycles. The molecule has 8 heteroatoms. The van der Waals surface area contributed by atoms with E-state index in [-0.39, 0.29) is 5.91 Å². The second-order valence-electron chi connectivity index (χ2n) is 5.91. The van der Waals surface area contributed by atoms with Gasteiger partial charge in [0.05, 0.1) is 14.2 Å². The highest BCUT2D eigenvalue weighted by molar-refractivity contribution is 5.91. The summed E-state index contributed by atoms with van der Waals surface area (Å²) in [5, 5.41) is 9.08. The molecule has 0 fully saturated rings. The van der Waals surface area contributed by atoms with Gasteiger partial charge in [-0.25, -0.2) is 4.98 Å². The van der Waals surface area contributed by atoms with Gasteiger partial charge in [0.25, 0.3) is 0 Å². The molecule has 0 aliphatic rings. The second kappa shape index (κ2) is 10.8. The molecule has 2 rings (SSSR count). The number of carbonyl (C=O) groups excluding carboxylic acids is 1. The molecule has 1 amide bonds. The molecule has 1 aromatic heterocycles. The van der Waals surface area contributed by atoms with E-state index in [9.17, 15) is 4.79 Å². The number of anilines is 2. The minimum Gasteiger partial charge on any atom is -0.493 e. The molecule has 0 spiro atoms. The van der Waals surface area contributed by atoms with Crippen LogP contribution in [0.4, 0.5) is 11.8 Å². The maximum atomic E-state index is 12.0.